The number of halogens is 1. The number of piperidine rings is 1. The van der Waals surface area contributed by atoms with Crippen molar-refractivity contribution in [2.75, 3.05) is 24.5 Å². The third-order valence-corrected chi connectivity index (χ3v) is 6.80. The quantitative estimate of drug-likeness (QED) is 0.743. The van der Waals surface area contributed by atoms with Crippen molar-refractivity contribution < 1.29 is 23.5 Å². The normalized spacial score (nSPS) is 23.2. The van der Waals surface area contributed by atoms with E-state index in [1.54, 1.807) is 17.8 Å². The molecule has 3 fully saturated rings. The number of nitrogens with one attached hydrogen (secondary N) is 2. The van der Waals surface area contributed by atoms with Crippen LogP contribution in [0.3, 0.4) is 0 Å². The van der Waals surface area contributed by atoms with Crippen LogP contribution in [0.1, 0.15) is 37.7 Å². The van der Waals surface area contributed by atoms with Crippen LogP contribution in [0.4, 0.5) is 15.0 Å². The lowest BCUT2D eigenvalue weighted by Gasteiger charge is -2.33. The van der Waals surface area contributed by atoms with Crippen LogP contribution >= 0.6 is 0 Å². The van der Waals surface area contributed by atoms with Crippen molar-refractivity contribution in [3.05, 3.63) is 23.5 Å². The molecule has 1 aromatic heterocycles. The van der Waals surface area contributed by atoms with Gasteiger partial charge in [-0.1, -0.05) is 0 Å². The summed E-state index contributed by atoms with van der Waals surface area (Å²) in [5, 5.41) is 10.4. The van der Waals surface area contributed by atoms with E-state index in [4.69, 9.17) is 4.74 Å². The first-order chi connectivity index (χ1) is 15.3. The summed E-state index contributed by atoms with van der Waals surface area (Å²) in [6.45, 7) is 1.95. The third-order valence-electron chi connectivity index (χ3n) is 6.80. The number of aryl methyl sites for hydroxylation is 1. The fourth-order valence-corrected chi connectivity index (χ4v) is 5.00. The highest BCUT2D eigenvalue weighted by Gasteiger charge is 2.43. The van der Waals surface area contributed by atoms with E-state index in [1.807, 2.05) is 0 Å². The topological polar surface area (TPSA) is 106 Å². The number of Topliss-reactive ketones (excluding diaryl/α,β-unsaturated/α-hetero) is 1. The fraction of sp³-hybridized carbons (Fsp3) is 0.545. The molecule has 3 amide bonds. The Morgan fingerprint density at radius 1 is 1.28 bits per heavy atom. The Kier molecular flexibility index (Phi) is 5.21. The first-order valence-corrected chi connectivity index (χ1v) is 11.0. The number of nitrogens with zero attached hydrogens (tertiary/aromatic N) is 3. The van der Waals surface area contributed by atoms with Crippen LogP contribution in [0, 0.1) is 5.82 Å². The number of amides is 3. The highest BCUT2D eigenvalue weighted by Crippen LogP contribution is 2.38. The van der Waals surface area contributed by atoms with Crippen molar-refractivity contribution in [1.82, 2.24) is 20.4 Å². The molecule has 1 aromatic carbocycles. The zero-order chi connectivity index (χ0) is 22.5. The summed E-state index contributed by atoms with van der Waals surface area (Å²) in [7, 11) is 1.70. The molecule has 0 bridgehead atoms. The number of imide groups is 1. The van der Waals surface area contributed by atoms with Crippen molar-refractivity contribution in [2.45, 2.75) is 50.2 Å². The fourth-order valence-electron chi connectivity index (χ4n) is 5.00. The Hall–Kier alpha value is -2.85. The Labute approximate surface area is 184 Å². The van der Waals surface area contributed by atoms with Gasteiger partial charge in [0.05, 0.1) is 11.1 Å². The molecule has 0 saturated carbocycles. The van der Waals surface area contributed by atoms with Gasteiger partial charge in [0.1, 0.15) is 11.9 Å². The van der Waals surface area contributed by atoms with E-state index in [0.29, 0.717) is 17.3 Å². The van der Waals surface area contributed by atoms with Crippen LogP contribution in [0.15, 0.2) is 12.1 Å². The Balaban J connectivity index is 1.37. The summed E-state index contributed by atoms with van der Waals surface area (Å²) in [5.41, 5.74) is 0.669. The Morgan fingerprint density at radius 2 is 2.06 bits per heavy atom. The standard InChI is InChI=1S/C22H26FN5O4/c1-27-16-10-13(11-17(29)18-2-4-22(32-18)5-7-24-8-6-22)15(23)12-14(16)20(26-27)28-9-3-19(30)25-21(28)31/h10,12,18,24H,2-9,11H2,1H3,(H,25,30,31). The van der Waals surface area contributed by atoms with E-state index in [9.17, 15) is 14.4 Å². The van der Waals surface area contributed by atoms with Gasteiger partial charge in [-0.05, 0) is 56.5 Å². The second kappa shape index (κ2) is 7.93. The summed E-state index contributed by atoms with van der Waals surface area (Å²) >= 11 is 0. The average molecular weight is 443 g/mol. The van der Waals surface area contributed by atoms with Gasteiger partial charge in [-0.25, -0.2) is 9.18 Å². The molecular weight excluding hydrogens is 417 g/mol. The number of carbonyl (C=O) groups is 3. The van der Waals surface area contributed by atoms with Crippen LogP contribution in [-0.4, -0.2) is 58.8 Å². The lowest BCUT2D eigenvalue weighted by Crippen LogP contribution is -2.49. The van der Waals surface area contributed by atoms with E-state index in [1.165, 1.54) is 11.0 Å². The Bertz CT molecular complexity index is 1110. The van der Waals surface area contributed by atoms with E-state index in [0.717, 1.165) is 32.4 Å². The number of aromatic nitrogens is 2. The van der Waals surface area contributed by atoms with Crippen molar-refractivity contribution in [3.63, 3.8) is 0 Å². The van der Waals surface area contributed by atoms with E-state index < -0.39 is 18.0 Å². The smallest absolute Gasteiger partial charge is 0.329 e. The van der Waals surface area contributed by atoms with Crippen molar-refractivity contribution in [2.24, 2.45) is 7.05 Å². The van der Waals surface area contributed by atoms with Crippen LogP contribution < -0.4 is 15.5 Å². The van der Waals surface area contributed by atoms with Crippen LogP contribution in [0.5, 0.6) is 0 Å². The number of hydrogen-bond acceptors (Lipinski definition) is 6. The SMILES string of the molecule is Cn1nc(N2CCC(=O)NC2=O)c2cc(F)c(CC(=O)C3CCC4(CCNCC4)O3)cc21. The second-order valence-corrected chi connectivity index (χ2v) is 8.88. The molecule has 3 aliphatic rings. The zero-order valence-corrected chi connectivity index (χ0v) is 17.9. The molecule has 3 saturated heterocycles. The molecule has 0 aliphatic carbocycles. The summed E-state index contributed by atoms with van der Waals surface area (Å²) < 4.78 is 22.7. The third kappa shape index (κ3) is 3.67. The molecule has 1 unspecified atom stereocenters. The molecule has 5 rings (SSSR count). The molecule has 10 heteroatoms. The van der Waals surface area contributed by atoms with Gasteiger partial charge in [0.15, 0.2) is 11.6 Å². The monoisotopic (exact) mass is 443 g/mol. The highest BCUT2D eigenvalue weighted by molar-refractivity contribution is 6.09. The maximum absolute atomic E-state index is 15.0. The second-order valence-electron chi connectivity index (χ2n) is 8.88. The molecule has 1 atom stereocenters. The van der Waals surface area contributed by atoms with E-state index >= 15 is 4.39 Å². The van der Waals surface area contributed by atoms with Gasteiger partial charge in [0.25, 0.3) is 0 Å². The van der Waals surface area contributed by atoms with Gasteiger partial charge < -0.3 is 10.1 Å². The number of fused-ring (bicyclic) bond motifs is 1. The van der Waals surface area contributed by atoms with Gasteiger partial charge in [0, 0.05) is 31.8 Å². The molecule has 0 radical (unpaired) electrons. The lowest BCUT2D eigenvalue weighted by atomic mass is 9.89. The summed E-state index contributed by atoms with van der Waals surface area (Å²) in [4.78, 5) is 37.9. The molecule has 32 heavy (non-hydrogen) atoms. The maximum Gasteiger partial charge on any atom is 0.329 e. The van der Waals surface area contributed by atoms with Crippen molar-refractivity contribution in [1.29, 1.82) is 0 Å². The molecular formula is C22H26FN5O4. The van der Waals surface area contributed by atoms with Gasteiger partial charge in [0.2, 0.25) is 5.91 Å². The predicted octanol–water partition coefficient (Wildman–Crippen LogP) is 1.57. The summed E-state index contributed by atoms with van der Waals surface area (Å²) in [6, 6.07) is 2.35. The van der Waals surface area contributed by atoms with Gasteiger partial charge >= 0.3 is 6.03 Å². The molecule has 4 heterocycles. The van der Waals surface area contributed by atoms with Crippen molar-refractivity contribution >= 4 is 34.4 Å². The van der Waals surface area contributed by atoms with E-state index in [-0.39, 0.29) is 48.1 Å². The number of benzene rings is 1. The Morgan fingerprint density at radius 3 is 2.81 bits per heavy atom. The molecule has 170 valence electrons. The number of ether oxygens (including phenoxy) is 1. The van der Waals surface area contributed by atoms with Gasteiger partial charge in [-0.2, -0.15) is 5.10 Å². The predicted molar refractivity (Wildman–Crippen MR) is 114 cm³/mol. The number of anilines is 1. The minimum absolute atomic E-state index is 0.0556. The van der Waals surface area contributed by atoms with Crippen LogP contribution in [0.25, 0.3) is 10.9 Å². The number of ketones is 1. The number of urea groups is 1. The minimum atomic E-state index is -0.578. The van der Waals surface area contributed by atoms with Crippen LogP contribution in [-0.2, 0) is 27.8 Å². The highest BCUT2D eigenvalue weighted by atomic mass is 19.1. The van der Waals surface area contributed by atoms with Gasteiger partial charge in [-0.15, -0.1) is 0 Å². The summed E-state index contributed by atoms with van der Waals surface area (Å²) in [6.07, 6.45) is 2.91. The van der Waals surface area contributed by atoms with Gasteiger partial charge in [-0.3, -0.25) is 24.5 Å². The number of hydrogen-bond donors (Lipinski definition) is 2. The largest absolute Gasteiger partial charge is 0.364 e. The maximum atomic E-state index is 15.0. The molecule has 2 aromatic rings. The average Bonchev–Trinajstić information content (AvgIpc) is 3.30. The number of rotatable bonds is 4. The van der Waals surface area contributed by atoms with Crippen molar-refractivity contribution in [3.8, 4) is 0 Å². The first-order valence-electron chi connectivity index (χ1n) is 11.0. The molecule has 3 aliphatic heterocycles. The lowest BCUT2D eigenvalue weighted by molar-refractivity contribution is -0.136. The zero-order valence-electron chi connectivity index (χ0n) is 17.9. The molecule has 1 spiro atoms. The molecule has 9 nitrogen and oxygen atoms in total. The number of carbonyl (C=O) groups excluding carboxylic acids is 3. The van der Waals surface area contributed by atoms with E-state index in [2.05, 4.69) is 15.7 Å². The summed E-state index contributed by atoms with van der Waals surface area (Å²) in [5.74, 6) is -0.701. The minimum Gasteiger partial charge on any atom is -0.364 e. The first kappa shape index (κ1) is 21.0. The van der Waals surface area contributed by atoms with Crippen LogP contribution in [0.2, 0.25) is 0 Å². The molecule has 2 N–H and O–H groups in total.